The zero-order chi connectivity index (χ0) is 26.0. The lowest BCUT2D eigenvalue weighted by molar-refractivity contribution is 0.0948. The van der Waals surface area contributed by atoms with Crippen LogP contribution in [0.15, 0.2) is 72.8 Å². The van der Waals surface area contributed by atoms with Gasteiger partial charge in [-0.3, -0.25) is 9.59 Å². The van der Waals surface area contributed by atoms with Crippen molar-refractivity contribution >= 4 is 11.8 Å². The first-order valence-electron chi connectivity index (χ1n) is 13.6. The topological polar surface area (TPSA) is 61.4 Å². The van der Waals surface area contributed by atoms with Crippen LogP contribution in [0.4, 0.5) is 0 Å². The molecule has 0 saturated heterocycles. The molecule has 0 fully saturated rings. The Morgan fingerprint density at radius 2 is 1.57 bits per heavy atom. The van der Waals surface area contributed by atoms with E-state index in [1.54, 1.807) is 7.05 Å². The van der Waals surface area contributed by atoms with Gasteiger partial charge >= 0.3 is 0 Å². The van der Waals surface area contributed by atoms with Gasteiger partial charge in [0.05, 0.1) is 0 Å². The van der Waals surface area contributed by atoms with Crippen LogP contribution in [0.25, 0.3) is 11.1 Å². The second-order valence-corrected chi connectivity index (χ2v) is 9.90. The highest BCUT2D eigenvalue weighted by Crippen LogP contribution is 2.26. The van der Waals surface area contributed by atoms with Crippen LogP contribution in [0.1, 0.15) is 64.4 Å². The number of unbranched alkanes of at least 4 members (excludes halogenated alkanes) is 1. The molecule has 0 aromatic heterocycles. The summed E-state index contributed by atoms with van der Waals surface area (Å²) in [6, 6.07) is 24.7. The summed E-state index contributed by atoms with van der Waals surface area (Å²) in [6.45, 7) is 5.03. The highest BCUT2D eigenvalue weighted by atomic mass is 16.2. The second-order valence-electron chi connectivity index (χ2n) is 9.90. The van der Waals surface area contributed by atoms with E-state index in [0.29, 0.717) is 18.2 Å². The van der Waals surface area contributed by atoms with Gasteiger partial charge in [-0.2, -0.15) is 0 Å². The monoisotopic (exact) mass is 497 g/mol. The maximum atomic E-state index is 12.6. The van der Waals surface area contributed by atoms with Crippen molar-refractivity contribution in [2.75, 3.05) is 26.7 Å². The predicted octanol–water partition coefficient (Wildman–Crippen LogP) is 5.49. The highest BCUT2D eigenvalue weighted by molar-refractivity contribution is 5.95. The summed E-state index contributed by atoms with van der Waals surface area (Å²) in [4.78, 5) is 27.3. The molecule has 0 aliphatic heterocycles. The standard InChI is InChI=1S/C32H39N3O2/c1-3-20-35(30-18-17-26-13-16-28(31(36)33-2)22-29(26)23-30)21-8-7-19-34-32(37)27-14-11-25(12-15-27)24-9-5-4-6-10-24/h4-6,9-16,22,30H,3,7-8,17-21,23H2,1-2H3,(H,33,36)(H,34,37)/t30-/m1/s1. The molecular weight excluding hydrogens is 458 g/mol. The summed E-state index contributed by atoms with van der Waals surface area (Å²) >= 11 is 0. The fourth-order valence-corrected chi connectivity index (χ4v) is 5.29. The summed E-state index contributed by atoms with van der Waals surface area (Å²) < 4.78 is 0. The fourth-order valence-electron chi connectivity index (χ4n) is 5.29. The van der Waals surface area contributed by atoms with Crippen LogP contribution in [-0.2, 0) is 12.8 Å². The van der Waals surface area contributed by atoms with E-state index >= 15 is 0 Å². The first-order valence-corrected chi connectivity index (χ1v) is 13.6. The Labute approximate surface area is 221 Å². The molecule has 0 unspecified atom stereocenters. The summed E-state index contributed by atoms with van der Waals surface area (Å²) in [5.74, 6) is -0.0367. The lowest BCUT2D eigenvalue weighted by Gasteiger charge is -2.35. The van der Waals surface area contributed by atoms with Crippen molar-refractivity contribution in [2.24, 2.45) is 0 Å². The maximum Gasteiger partial charge on any atom is 0.251 e. The SMILES string of the molecule is CCCN(CCCCNC(=O)c1ccc(-c2ccccc2)cc1)[C@@H]1CCc2ccc(C(=O)NC)cc2C1. The number of nitrogens with one attached hydrogen (secondary N) is 2. The minimum Gasteiger partial charge on any atom is -0.355 e. The van der Waals surface area contributed by atoms with Gasteiger partial charge in [-0.25, -0.2) is 0 Å². The normalized spacial score (nSPS) is 14.7. The number of carbonyl (C=O) groups is 2. The molecule has 5 heteroatoms. The quantitative estimate of drug-likeness (QED) is 0.344. The van der Waals surface area contributed by atoms with Crippen LogP contribution in [0.3, 0.4) is 0 Å². The Morgan fingerprint density at radius 1 is 0.838 bits per heavy atom. The van der Waals surface area contributed by atoms with Gasteiger partial charge < -0.3 is 15.5 Å². The van der Waals surface area contributed by atoms with Gasteiger partial charge in [-0.1, -0.05) is 55.5 Å². The van der Waals surface area contributed by atoms with Crippen LogP contribution in [0.5, 0.6) is 0 Å². The first kappa shape index (κ1) is 26.6. The van der Waals surface area contributed by atoms with Gasteiger partial charge in [-0.15, -0.1) is 0 Å². The molecule has 0 saturated carbocycles. The van der Waals surface area contributed by atoms with Gasteiger partial charge in [-0.05, 0) is 98.1 Å². The Bertz CT molecular complexity index is 1170. The molecule has 0 spiro atoms. The molecule has 1 aliphatic rings. The van der Waals surface area contributed by atoms with Crippen LogP contribution >= 0.6 is 0 Å². The third-order valence-electron chi connectivity index (χ3n) is 7.34. The van der Waals surface area contributed by atoms with E-state index in [9.17, 15) is 9.59 Å². The van der Waals surface area contributed by atoms with E-state index in [0.717, 1.165) is 68.3 Å². The minimum atomic E-state index is -0.0236. The number of benzene rings is 3. The molecule has 0 radical (unpaired) electrons. The van der Waals surface area contributed by atoms with E-state index in [-0.39, 0.29) is 11.8 Å². The molecule has 3 aromatic carbocycles. The molecular formula is C32H39N3O2. The molecule has 3 aromatic rings. The Hall–Kier alpha value is -3.44. The van der Waals surface area contributed by atoms with Crippen molar-refractivity contribution in [1.82, 2.24) is 15.5 Å². The van der Waals surface area contributed by atoms with Crippen molar-refractivity contribution in [3.05, 3.63) is 95.1 Å². The van der Waals surface area contributed by atoms with Gasteiger partial charge in [0.2, 0.25) is 0 Å². The zero-order valence-electron chi connectivity index (χ0n) is 22.1. The smallest absolute Gasteiger partial charge is 0.251 e. The van der Waals surface area contributed by atoms with E-state index in [1.807, 2.05) is 48.5 Å². The number of nitrogens with zero attached hydrogens (tertiary/aromatic N) is 1. The van der Waals surface area contributed by atoms with Crippen molar-refractivity contribution in [1.29, 1.82) is 0 Å². The number of hydrogen-bond donors (Lipinski definition) is 2. The van der Waals surface area contributed by atoms with E-state index in [4.69, 9.17) is 0 Å². The highest BCUT2D eigenvalue weighted by Gasteiger charge is 2.24. The summed E-state index contributed by atoms with van der Waals surface area (Å²) in [5, 5.41) is 5.81. The number of carbonyl (C=O) groups excluding carboxylic acids is 2. The molecule has 4 rings (SSSR count). The molecule has 1 aliphatic carbocycles. The maximum absolute atomic E-state index is 12.6. The molecule has 2 amide bonds. The number of amides is 2. The van der Waals surface area contributed by atoms with Gasteiger partial charge in [0.25, 0.3) is 11.8 Å². The average molecular weight is 498 g/mol. The average Bonchev–Trinajstić information content (AvgIpc) is 2.95. The lowest BCUT2D eigenvalue weighted by Crippen LogP contribution is -2.40. The van der Waals surface area contributed by atoms with Crippen LogP contribution in [0, 0.1) is 0 Å². The fraction of sp³-hybridized carbons (Fsp3) is 0.375. The lowest BCUT2D eigenvalue weighted by atomic mass is 9.86. The number of hydrogen-bond acceptors (Lipinski definition) is 3. The minimum absolute atomic E-state index is 0.0131. The van der Waals surface area contributed by atoms with Crippen LogP contribution in [0.2, 0.25) is 0 Å². The van der Waals surface area contributed by atoms with Crippen molar-refractivity contribution in [3.8, 4) is 11.1 Å². The molecule has 5 nitrogen and oxygen atoms in total. The molecule has 194 valence electrons. The molecule has 1 atom stereocenters. The van der Waals surface area contributed by atoms with E-state index < -0.39 is 0 Å². The number of aryl methyl sites for hydroxylation is 1. The Morgan fingerprint density at radius 3 is 2.30 bits per heavy atom. The van der Waals surface area contributed by atoms with Crippen LogP contribution in [-0.4, -0.2) is 49.4 Å². The summed E-state index contributed by atoms with van der Waals surface area (Å²) in [6.07, 6.45) is 6.34. The summed E-state index contributed by atoms with van der Waals surface area (Å²) in [5.41, 5.74) is 6.39. The van der Waals surface area contributed by atoms with Gasteiger partial charge in [0.15, 0.2) is 0 Å². The van der Waals surface area contributed by atoms with Crippen molar-refractivity contribution < 1.29 is 9.59 Å². The van der Waals surface area contributed by atoms with Crippen LogP contribution < -0.4 is 10.6 Å². The van der Waals surface area contributed by atoms with E-state index in [1.165, 1.54) is 11.1 Å². The third-order valence-corrected chi connectivity index (χ3v) is 7.34. The summed E-state index contributed by atoms with van der Waals surface area (Å²) in [7, 11) is 1.68. The third kappa shape index (κ3) is 7.07. The predicted molar refractivity (Wildman–Crippen MR) is 151 cm³/mol. The Balaban J connectivity index is 1.24. The second kappa shape index (κ2) is 13.2. The first-order chi connectivity index (χ1) is 18.1. The Kier molecular flexibility index (Phi) is 9.50. The molecule has 37 heavy (non-hydrogen) atoms. The molecule has 2 N–H and O–H groups in total. The van der Waals surface area contributed by atoms with E-state index in [2.05, 4.69) is 46.7 Å². The molecule has 0 heterocycles. The van der Waals surface area contributed by atoms with Crippen molar-refractivity contribution in [2.45, 2.75) is 51.5 Å². The molecule has 0 bridgehead atoms. The number of fused-ring (bicyclic) bond motifs is 1. The zero-order valence-corrected chi connectivity index (χ0v) is 22.1. The largest absolute Gasteiger partial charge is 0.355 e. The van der Waals surface area contributed by atoms with Gasteiger partial charge in [0.1, 0.15) is 0 Å². The number of rotatable bonds is 11. The van der Waals surface area contributed by atoms with Gasteiger partial charge in [0, 0.05) is 30.8 Å². The van der Waals surface area contributed by atoms with Crippen molar-refractivity contribution in [3.63, 3.8) is 0 Å².